The molecule has 0 bridgehead atoms. The molecule has 1 heteroatoms. The Morgan fingerprint density at radius 3 is 1.55 bits per heavy atom. The van der Waals surface area contributed by atoms with Crippen molar-refractivity contribution in [2.24, 2.45) is 0 Å². The molecule has 1 nitrogen and oxygen atoms in total. The van der Waals surface area contributed by atoms with E-state index in [2.05, 4.69) is 20.4 Å². The Balaban J connectivity index is 3.40. The van der Waals surface area contributed by atoms with Crippen LogP contribution in [0, 0.1) is 0 Å². The van der Waals surface area contributed by atoms with Gasteiger partial charge >= 0.3 is 0 Å². The molecule has 0 unspecified atom stereocenters. The van der Waals surface area contributed by atoms with Gasteiger partial charge in [0, 0.05) is 6.42 Å². The molecule has 0 aromatic heterocycles. The van der Waals surface area contributed by atoms with E-state index in [1.807, 2.05) is 0 Å². The van der Waals surface area contributed by atoms with Crippen molar-refractivity contribution in [1.29, 1.82) is 0 Å². The van der Waals surface area contributed by atoms with E-state index >= 15 is 0 Å². The monoisotopic (exact) mass is 280 g/mol. The van der Waals surface area contributed by atoms with Crippen molar-refractivity contribution < 1.29 is 4.79 Å². The SMILES string of the molecule is C=C(CCCCCCCC)C(=O)CCCCCCCC. The summed E-state index contributed by atoms with van der Waals surface area (Å²) in [7, 11) is 0. The first kappa shape index (κ1) is 19.4. The van der Waals surface area contributed by atoms with Crippen molar-refractivity contribution in [2.75, 3.05) is 0 Å². The summed E-state index contributed by atoms with van der Waals surface area (Å²) in [6, 6.07) is 0. The largest absolute Gasteiger partial charge is 0.295 e. The molecule has 0 aromatic rings. The van der Waals surface area contributed by atoms with Crippen molar-refractivity contribution in [2.45, 2.75) is 104 Å². The van der Waals surface area contributed by atoms with E-state index in [-0.39, 0.29) is 0 Å². The molecule has 0 radical (unpaired) electrons. The molecule has 0 atom stereocenters. The molecule has 0 rings (SSSR count). The van der Waals surface area contributed by atoms with Gasteiger partial charge in [0.15, 0.2) is 5.78 Å². The Hall–Kier alpha value is -0.590. The lowest BCUT2D eigenvalue weighted by atomic mass is 9.99. The number of hydrogen-bond donors (Lipinski definition) is 0. The predicted octanol–water partition coefficient (Wildman–Crippen LogP) is 6.61. The lowest BCUT2D eigenvalue weighted by Crippen LogP contribution is -2.01. The summed E-state index contributed by atoms with van der Waals surface area (Å²) < 4.78 is 0. The van der Waals surface area contributed by atoms with Crippen LogP contribution in [-0.4, -0.2) is 5.78 Å². The highest BCUT2D eigenvalue weighted by molar-refractivity contribution is 5.94. The van der Waals surface area contributed by atoms with E-state index in [1.165, 1.54) is 64.2 Å². The van der Waals surface area contributed by atoms with Crippen LogP contribution in [0.15, 0.2) is 12.2 Å². The molecule has 0 amide bonds. The Morgan fingerprint density at radius 2 is 1.05 bits per heavy atom. The second kappa shape index (κ2) is 14.8. The van der Waals surface area contributed by atoms with Gasteiger partial charge in [-0.25, -0.2) is 0 Å². The van der Waals surface area contributed by atoms with Gasteiger partial charge < -0.3 is 0 Å². The number of Topliss-reactive ketones (excluding diaryl/α,β-unsaturated/α-hetero) is 1. The van der Waals surface area contributed by atoms with Crippen LogP contribution in [0.1, 0.15) is 104 Å². The molecule has 0 aliphatic rings. The maximum absolute atomic E-state index is 11.9. The van der Waals surface area contributed by atoms with E-state index < -0.39 is 0 Å². The van der Waals surface area contributed by atoms with Crippen LogP contribution in [0.2, 0.25) is 0 Å². The third kappa shape index (κ3) is 12.4. The Bertz CT molecular complexity index is 216. The third-order valence-electron chi connectivity index (χ3n) is 3.98. The number of hydrogen-bond acceptors (Lipinski definition) is 1. The lowest BCUT2D eigenvalue weighted by molar-refractivity contribution is -0.115. The van der Waals surface area contributed by atoms with Gasteiger partial charge in [0.1, 0.15) is 0 Å². The molecule has 0 aromatic carbocycles. The third-order valence-corrected chi connectivity index (χ3v) is 3.98. The van der Waals surface area contributed by atoms with E-state index in [1.54, 1.807) is 0 Å². The molecule has 0 saturated carbocycles. The first-order valence-electron chi connectivity index (χ1n) is 8.93. The van der Waals surface area contributed by atoms with E-state index in [0.717, 1.165) is 31.3 Å². The molecule has 118 valence electrons. The highest BCUT2D eigenvalue weighted by Gasteiger charge is 2.06. The fraction of sp³-hybridized carbons (Fsp3) is 0.842. The first-order valence-corrected chi connectivity index (χ1v) is 8.93. The Kier molecular flexibility index (Phi) is 14.4. The van der Waals surface area contributed by atoms with Gasteiger partial charge in [0.05, 0.1) is 0 Å². The summed E-state index contributed by atoms with van der Waals surface area (Å²) in [5.74, 6) is 0.314. The highest BCUT2D eigenvalue weighted by Crippen LogP contribution is 2.14. The summed E-state index contributed by atoms with van der Waals surface area (Å²) in [6.45, 7) is 8.44. The van der Waals surface area contributed by atoms with Gasteiger partial charge in [-0.15, -0.1) is 0 Å². The zero-order valence-electron chi connectivity index (χ0n) is 14.0. The zero-order chi connectivity index (χ0) is 15.1. The fourth-order valence-corrected chi connectivity index (χ4v) is 2.50. The normalized spacial score (nSPS) is 10.7. The number of unbranched alkanes of at least 4 members (excludes halogenated alkanes) is 10. The van der Waals surface area contributed by atoms with Crippen molar-refractivity contribution in [1.82, 2.24) is 0 Å². The minimum atomic E-state index is 0.314. The van der Waals surface area contributed by atoms with Gasteiger partial charge in [-0.05, 0) is 24.8 Å². The molecule has 0 aliphatic heterocycles. The van der Waals surface area contributed by atoms with E-state index in [4.69, 9.17) is 0 Å². The van der Waals surface area contributed by atoms with E-state index in [9.17, 15) is 4.79 Å². The van der Waals surface area contributed by atoms with Crippen LogP contribution in [0.3, 0.4) is 0 Å². The van der Waals surface area contributed by atoms with Crippen molar-refractivity contribution >= 4 is 5.78 Å². The number of carbonyl (C=O) groups is 1. The zero-order valence-corrected chi connectivity index (χ0v) is 14.0. The van der Waals surface area contributed by atoms with Crippen LogP contribution >= 0.6 is 0 Å². The average molecular weight is 280 g/mol. The standard InChI is InChI=1S/C19H36O/c1-4-6-8-10-12-14-16-18(3)19(20)17-15-13-11-9-7-5-2/h3-17H2,1-2H3. The average Bonchev–Trinajstić information content (AvgIpc) is 2.45. The maximum Gasteiger partial charge on any atom is 0.158 e. The lowest BCUT2D eigenvalue weighted by Gasteiger charge is -2.05. The topological polar surface area (TPSA) is 17.1 Å². The van der Waals surface area contributed by atoms with Gasteiger partial charge in [0.25, 0.3) is 0 Å². The van der Waals surface area contributed by atoms with Gasteiger partial charge in [-0.3, -0.25) is 4.79 Å². The van der Waals surface area contributed by atoms with Crippen LogP contribution < -0.4 is 0 Å². The Labute approximate surface area is 127 Å². The van der Waals surface area contributed by atoms with Crippen LogP contribution in [-0.2, 0) is 4.79 Å². The first-order chi connectivity index (χ1) is 9.72. The van der Waals surface area contributed by atoms with Gasteiger partial charge in [-0.1, -0.05) is 84.6 Å². The molecular weight excluding hydrogens is 244 g/mol. The minimum absolute atomic E-state index is 0.314. The van der Waals surface area contributed by atoms with Crippen LogP contribution in [0.25, 0.3) is 0 Å². The molecule has 0 heterocycles. The number of allylic oxidation sites excluding steroid dienone is 1. The van der Waals surface area contributed by atoms with Crippen molar-refractivity contribution in [3.63, 3.8) is 0 Å². The molecular formula is C19H36O. The smallest absolute Gasteiger partial charge is 0.158 e. The predicted molar refractivity (Wildman–Crippen MR) is 90.1 cm³/mol. The summed E-state index contributed by atoms with van der Waals surface area (Å²) in [4.78, 5) is 11.9. The molecule has 0 spiro atoms. The number of carbonyl (C=O) groups excluding carboxylic acids is 1. The molecule has 20 heavy (non-hydrogen) atoms. The summed E-state index contributed by atoms with van der Waals surface area (Å²) in [6.07, 6.45) is 16.8. The van der Waals surface area contributed by atoms with Crippen LogP contribution in [0.5, 0.6) is 0 Å². The summed E-state index contributed by atoms with van der Waals surface area (Å²) in [5.41, 5.74) is 0.869. The van der Waals surface area contributed by atoms with Crippen molar-refractivity contribution in [3.8, 4) is 0 Å². The molecule has 0 N–H and O–H groups in total. The Morgan fingerprint density at radius 1 is 0.650 bits per heavy atom. The fourth-order valence-electron chi connectivity index (χ4n) is 2.50. The van der Waals surface area contributed by atoms with E-state index in [0.29, 0.717) is 5.78 Å². The minimum Gasteiger partial charge on any atom is -0.295 e. The summed E-state index contributed by atoms with van der Waals surface area (Å²) >= 11 is 0. The quantitative estimate of drug-likeness (QED) is 0.243. The summed E-state index contributed by atoms with van der Waals surface area (Å²) in [5, 5.41) is 0. The maximum atomic E-state index is 11.9. The molecule has 0 aliphatic carbocycles. The van der Waals surface area contributed by atoms with Gasteiger partial charge in [-0.2, -0.15) is 0 Å². The van der Waals surface area contributed by atoms with Crippen molar-refractivity contribution in [3.05, 3.63) is 12.2 Å². The highest BCUT2D eigenvalue weighted by atomic mass is 16.1. The number of rotatable bonds is 15. The molecule has 0 fully saturated rings. The second-order valence-electron chi connectivity index (χ2n) is 6.06. The molecule has 0 saturated heterocycles. The van der Waals surface area contributed by atoms with Gasteiger partial charge in [0.2, 0.25) is 0 Å². The number of ketones is 1. The van der Waals surface area contributed by atoms with Crippen LogP contribution in [0.4, 0.5) is 0 Å². The second-order valence-corrected chi connectivity index (χ2v) is 6.06.